The monoisotopic (exact) mass is 339 g/mol. The molecule has 5 nitrogen and oxygen atoms in total. The van der Waals surface area contributed by atoms with Gasteiger partial charge in [-0.05, 0) is 49.2 Å². The Morgan fingerprint density at radius 1 is 0.800 bits per heavy atom. The molecule has 0 radical (unpaired) electrons. The van der Waals surface area contributed by atoms with Crippen LogP contribution in [0.5, 0.6) is 0 Å². The van der Waals surface area contributed by atoms with E-state index in [2.05, 4.69) is 16.0 Å². The van der Waals surface area contributed by atoms with Crippen LogP contribution in [-0.4, -0.2) is 18.4 Å². The summed E-state index contributed by atoms with van der Waals surface area (Å²) in [6.07, 6.45) is 0.499. The Balaban J connectivity index is 1.79. The summed E-state index contributed by atoms with van der Waals surface area (Å²) < 4.78 is 0. The second-order valence-corrected chi connectivity index (χ2v) is 6.49. The molecule has 2 amide bonds. The Hall–Kier alpha value is -2.82. The van der Waals surface area contributed by atoms with Gasteiger partial charge in [-0.1, -0.05) is 31.5 Å². The lowest BCUT2D eigenvalue weighted by Gasteiger charge is -2.10. The molecule has 25 heavy (non-hydrogen) atoms. The summed E-state index contributed by atoms with van der Waals surface area (Å²) in [4.78, 5) is 23.7. The molecule has 0 saturated heterocycles. The fraction of sp³-hybridized carbons (Fsp3) is 0.300. The van der Waals surface area contributed by atoms with Crippen molar-refractivity contribution in [2.75, 3.05) is 22.5 Å². The van der Waals surface area contributed by atoms with Crippen LogP contribution in [0.1, 0.15) is 25.8 Å². The van der Waals surface area contributed by atoms with Gasteiger partial charge in [0.05, 0.1) is 6.54 Å². The van der Waals surface area contributed by atoms with Gasteiger partial charge in [-0.25, -0.2) is 0 Å². The second-order valence-electron chi connectivity index (χ2n) is 6.49. The topological polar surface area (TPSA) is 70.2 Å². The van der Waals surface area contributed by atoms with Gasteiger partial charge in [0, 0.05) is 23.5 Å². The Labute approximate surface area is 148 Å². The maximum atomic E-state index is 12.0. The molecule has 0 saturated carbocycles. The Bertz CT molecular complexity index is 707. The normalized spacial score (nSPS) is 10.4. The summed E-state index contributed by atoms with van der Waals surface area (Å²) in [5.74, 6) is 0.222. The number of rotatable bonds is 7. The van der Waals surface area contributed by atoms with Gasteiger partial charge in [0.2, 0.25) is 11.8 Å². The fourth-order valence-electron chi connectivity index (χ4n) is 2.28. The quantitative estimate of drug-likeness (QED) is 0.713. The number of hydrogen-bond acceptors (Lipinski definition) is 3. The molecule has 0 heterocycles. The zero-order valence-corrected chi connectivity index (χ0v) is 14.9. The summed E-state index contributed by atoms with van der Waals surface area (Å²) in [6, 6.07) is 15.0. The summed E-state index contributed by atoms with van der Waals surface area (Å²) in [5, 5.41) is 8.76. The molecule has 2 rings (SSSR count). The van der Waals surface area contributed by atoms with Gasteiger partial charge in [-0.3, -0.25) is 9.59 Å². The van der Waals surface area contributed by atoms with Crippen LogP contribution >= 0.6 is 0 Å². The molecule has 0 spiro atoms. The first-order chi connectivity index (χ1) is 11.9. The third-order valence-electron chi connectivity index (χ3n) is 3.55. The van der Waals surface area contributed by atoms with Crippen LogP contribution in [0.2, 0.25) is 0 Å². The molecule has 132 valence electrons. The molecule has 0 bridgehead atoms. The van der Waals surface area contributed by atoms with Crippen molar-refractivity contribution in [1.82, 2.24) is 0 Å². The second kappa shape index (κ2) is 8.87. The van der Waals surface area contributed by atoms with Crippen molar-refractivity contribution >= 4 is 28.9 Å². The average molecular weight is 339 g/mol. The van der Waals surface area contributed by atoms with E-state index in [-0.39, 0.29) is 18.4 Å². The fourth-order valence-corrected chi connectivity index (χ4v) is 2.28. The number of carbonyl (C=O) groups is 2. The highest BCUT2D eigenvalue weighted by Gasteiger charge is 2.06. The van der Waals surface area contributed by atoms with Crippen LogP contribution in [0, 0.1) is 12.8 Å². The highest BCUT2D eigenvalue weighted by Crippen LogP contribution is 2.14. The minimum absolute atomic E-state index is 0.00758. The Kier molecular flexibility index (Phi) is 6.57. The first kappa shape index (κ1) is 18.5. The molecule has 0 fully saturated rings. The predicted octanol–water partition coefficient (Wildman–Crippen LogP) is 4.03. The standard InChI is InChI=1S/C20H25N3O2/c1-14(2)12-19(24)22-18-10-8-16(9-11-18)21-13-20(25)23-17-6-4-15(3)5-7-17/h4-11,14,21H,12-13H2,1-3H3,(H,22,24)(H,23,25). The maximum absolute atomic E-state index is 12.0. The highest BCUT2D eigenvalue weighted by molar-refractivity contribution is 5.94. The zero-order valence-electron chi connectivity index (χ0n) is 14.9. The molecule has 5 heteroatoms. The van der Waals surface area contributed by atoms with Crippen LogP contribution in [0.4, 0.5) is 17.1 Å². The van der Waals surface area contributed by atoms with Crippen LogP contribution in [0.15, 0.2) is 48.5 Å². The number of nitrogens with one attached hydrogen (secondary N) is 3. The van der Waals surface area contributed by atoms with Gasteiger partial charge in [-0.15, -0.1) is 0 Å². The van der Waals surface area contributed by atoms with E-state index >= 15 is 0 Å². The lowest BCUT2D eigenvalue weighted by molar-refractivity contribution is -0.117. The zero-order chi connectivity index (χ0) is 18.2. The van der Waals surface area contributed by atoms with Crippen LogP contribution in [0.25, 0.3) is 0 Å². The number of amides is 2. The molecule has 3 N–H and O–H groups in total. The van der Waals surface area contributed by atoms with Gasteiger partial charge in [0.1, 0.15) is 0 Å². The largest absolute Gasteiger partial charge is 0.376 e. The molecule has 0 atom stereocenters. The van der Waals surface area contributed by atoms with E-state index in [0.29, 0.717) is 12.3 Å². The Morgan fingerprint density at radius 3 is 1.84 bits per heavy atom. The summed E-state index contributed by atoms with van der Waals surface area (Å²) in [7, 11) is 0. The lowest BCUT2D eigenvalue weighted by atomic mass is 10.1. The maximum Gasteiger partial charge on any atom is 0.243 e. The third kappa shape index (κ3) is 6.67. The first-order valence-electron chi connectivity index (χ1n) is 8.42. The highest BCUT2D eigenvalue weighted by atomic mass is 16.2. The molecular formula is C20H25N3O2. The van der Waals surface area contributed by atoms with Crippen molar-refractivity contribution in [1.29, 1.82) is 0 Å². The van der Waals surface area contributed by atoms with Crippen molar-refractivity contribution in [2.24, 2.45) is 5.92 Å². The minimum Gasteiger partial charge on any atom is -0.376 e. The molecule has 0 aliphatic rings. The van der Waals surface area contributed by atoms with E-state index < -0.39 is 0 Å². The molecule has 0 unspecified atom stereocenters. The summed E-state index contributed by atoms with van der Waals surface area (Å²) >= 11 is 0. The molecule has 2 aromatic carbocycles. The van der Waals surface area contributed by atoms with Gasteiger partial charge in [-0.2, -0.15) is 0 Å². The van der Waals surface area contributed by atoms with Crippen molar-refractivity contribution < 1.29 is 9.59 Å². The van der Waals surface area contributed by atoms with Gasteiger partial charge >= 0.3 is 0 Å². The molecular weight excluding hydrogens is 314 g/mol. The number of carbonyl (C=O) groups excluding carboxylic acids is 2. The van der Waals surface area contributed by atoms with Crippen LogP contribution in [0.3, 0.4) is 0 Å². The summed E-state index contributed by atoms with van der Waals surface area (Å²) in [5.41, 5.74) is 3.50. The number of aryl methyl sites for hydroxylation is 1. The average Bonchev–Trinajstić information content (AvgIpc) is 2.55. The lowest BCUT2D eigenvalue weighted by Crippen LogP contribution is -2.21. The Morgan fingerprint density at radius 2 is 1.28 bits per heavy atom. The number of benzene rings is 2. The smallest absolute Gasteiger partial charge is 0.243 e. The number of anilines is 3. The van der Waals surface area contributed by atoms with E-state index in [0.717, 1.165) is 22.6 Å². The predicted molar refractivity (Wildman–Crippen MR) is 103 cm³/mol. The SMILES string of the molecule is Cc1ccc(NC(=O)CNc2ccc(NC(=O)CC(C)C)cc2)cc1. The van der Waals surface area contributed by atoms with E-state index in [1.807, 2.05) is 69.3 Å². The van der Waals surface area contributed by atoms with Crippen molar-refractivity contribution in [3.8, 4) is 0 Å². The van der Waals surface area contributed by atoms with E-state index in [9.17, 15) is 9.59 Å². The van der Waals surface area contributed by atoms with Crippen LogP contribution in [-0.2, 0) is 9.59 Å². The third-order valence-corrected chi connectivity index (χ3v) is 3.55. The molecule has 2 aromatic rings. The van der Waals surface area contributed by atoms with Crippen molar-refractivity contribution in [3.05, 3.63) is 54.1 Å². The van der Waals surface area contributed by atoms with E-state index in [4.69, 9.17) is 0 Å². The summed E-state index contributed by atoms with van der Waals surface area (Å²) in [6.45, 7) is 6.19. The van der Waals surface area contributed by atoms with E-state index in [1.54, 1.807) is 0 Å². The van der Waals surface area contributed by atoms with Crippen molar-refractivity contribution in [3.63, 3.8) is 0 Å². The van der Waals surface area contributed by atoms with Gasteiger partial charge in [0.25, 0.3) is 0 Å². The van der Waals surface area contributed by atoms with E-state index in [1.165, 1.54) is 0 Å². The van der Waals surface area contributed by atoms with Crippen molar-refractivity contribution in [2.45, 2.75) is 27.2 Å². The molecule has 0 aliphatic carbocycles. The number of hydrogen-bond donors (Lipinski definition) is 3. The van der Waals surface area contributed by atoms with Crippen LogP contribution < -0.4 is 16.0 Å². The molecule has 0 aliphatic heterocycles. The minimum atomic E-state index is -0.113. The molecule has 0 aromatic heterocycles. The first-order valence-corrected chi connectivity index (χ1v) is 8.42. The van der Waals surface area contributed by atoms with Gasteiger partial charge in [0.15, 0.2) is 0 Å². The van der Waals surface area contributed by atoms with Gasteiger partial charge < -0.3 is 16.0 Å².